The van der Waals surface area contributed by atoms with E-state index in [0.717, 1.165) is 36.8 Å². The molecule has 0 aromatic rings. The Balaban J connectivity index is 1.40. The number of carbonyl (C=O) groups is 1. The summed E-state index contributed by atoms with van der Waals surface area (Å²) in [5, 5.41) is 6.42. The number of amides is 1. The second kappa shape index (κ2) is 4.27. The van der Waals surface area contributed by atoms with Gasteiger partial charge in [-0.25, -0.2) is 0 Å². The third-order valence-electron chi connectivity index (χ3n) is 5.01. The molecule has 96 valence electrons. The lowest BCUT2D eigenvalue weighted by molar-refractivity contribution is -0.123. The summed E-state index contributed by atoms with van der Waals surface area (Å²) in [5.74, 6) is 4.06. The minimum absolute atomic E-state index is 0.335. The van der Waals surface area contributed by atoms with Crippen LogP contribution in [0.3, 0.4) is 0 Å². The predicted molar refractivity (Wildman–Crippen MR) is 67.4 cm³/mol. The fraction of sp³-hybridized carbons (Fsp3) is 0.929. The Bertz CT molecular complexity index is 299. The molecule has 0 radical (unpaired) electrons. The van der Waals surface area contributed by atoms with Crippen LogP contribution in [-0.4, -0.2) is 25.0 Å². The van der Waals surface area contributed by atoms with E-state index in [1.165, 1.54) is 19.3 Å². The molecule has 17 heavy (non-hydrogen) atoms. The summed E-state index contributed by atoms with van der Waals surface area (Å²) in [6.45, 7) is 5.93. The van der Waals surface area contributed by atoms with Crippen molar-refractivity contribution in [2.24, 2.45) is 29.6 Å². The summed E-state index contributed by atoms with van der Waals surface area (Å²) in [6.07, 6.45) is 4.21. The van der Waals surface area contributed by atoms with Crippen LogP contribution in [0.2, 0.25) is 0 Å². The molecule has 3 rings (SSSR count). The highest BCUT2D eigenvalue weighted by Gasteiger charge is 2.67. The van der Waals surface area contributed by atoms with Crippen molar-refractivity contribution in [1.82, 2.24) is 10.6 Å². The number of rotatable bonds is 5. The maximum Gasteiger partial charge on any atom is 0.223 e. The van der Waals surface area contributed by atoms with E-state index in [2.05, 4.69) is 24.5 Å². The zero-order chi connectivity index (χ0) is 12.0. The summed E-state index contributed by atoms with van der Waals surface area (Å²) in [7, 11) is 0. The van der Waals surface area contributed by atoms with E-state index >= 15 is 0 Å². The molecule has 3 saturated carbocycles. The molecule has 0 spiro atoms. The second-order valence-corrected chi connectivity index (χ2v) is 6.41. The predicted octanol–water partition coefficient (Wildman–Crippen LogP) is 1.39. The molecule has 0 heterocycles. The number of fused-ring (bicyclic) bond motifs is 5. The Hall–Kier alpha value is -0.570. The van der Waals surface area contributed by atoms with Gasteiger partial charge in [0.05, 0.1) is 0 Å². The van der Waals surface area contributed by atoms with Gasteiger partial charge in [0.25, 0.3) is 0 Å². The largest absolute Gasteiger partial charge is 0.355 e. The first-order valence-electron chi connectivity index (χ1n) is 7.19. The Kier molecular flexibility index (Phi) is 2.89. The average Bonchev–Trinajstić information content (AvgIpc) is 2.73. The van der Waals surface area contributed by atoms with Gasteiger partial charge in [-0.1, -0.05) is 13.8 Å². The van der Waals surface area contributed by atoms with Crippen molar-refractivity contribution in [3.05, 3.63) is 0 Å². The first-order chi connectivity index (χ1) is 8.18. The second-order valence-electron chi connectivity index (χ2n) is 6.41. The zero-order valence-electron chi connectivity index (χ0n) is 10.9. The SMILES string of the molecule is CC(C)NCCNC(=O)C1C2C3CCC(C3)C12. The van der Waals surface area contributed by atoms with Gasteiger partial charge in [-0.15, -0.1) is 0 Å². The smallest absolute Gasteiger partial charge is 0.223 e. The molecule has 3 aliphatic rings. The molecule has 4 unspecified atom stereocenters. The highest BCUT2D eigenvalue weighted by molar-refractivity contribution is 5.82. The van der Waals surface area contributed by atoms with E-state index in [-0.39, 0.29) is 0 Å². The van der Waals surface area contributed by atoms with Gasteiger partial charge < -0.3 is 10.6 Å². The van der Waals surface area contributed by atoms with Crippen LogP contribution >= 0.6 is 0 Å². The van der Waals surface area contributed by atoms with Crippen LogP contribution in [0.1, 0.15) is 33.1 Å². The molecule has 3 aliphatic carbocycles. The Morgan fingerprint density at radius 2 is 1.82 bits per heavy atom. The quantitative estimate of drug-likeness (QED) is 0.708. The van der Waals surface area contributed by atoms with E-state index in [4.69, 9.17) is 0 Å². The maximum absolute atomic E-state index is 12.0. The first kappa shape index (κ1) is 11.5. The summed E-state index contributed by atoms with van der Waals surface area (Å²) >= 11 is 0. The third-order valence-corrected chi connectivity index (χ3v) is 5.01. The van der Waals surface area contributed by atoms with Crippen molar-refractivity contribution in [2.45, 2.75) is 39.2 Å². The van der Waals surface area contributed by atoms with Crippen LogP contribution in [0, 0.1) is 29.6 Å². The normalized spacial score (nSPS) is 41.7. The van der Waals surface area contributed by atoms with Gasteiger partial charge in [0.15, 0.2) is 0 Å². The standard InChI is InChI=1S/C14H24N2O/c1-8(2)15-5-6-16-14(17)13-11-9-3-4-10(7-9)12(11)13/h8-13,15H,3-7H2,1-2H3,(H,16,17). The monoisotopic (exact) mass is 236 g/mol. The van der Waals surface area contributed by atoms with Crippen LogP contribution in [0.4, 0.5) is 0 Å². The van der Waals surface area contributed by atoms with Crippen molar-refractivity contribution < 1.29 is 4.79 Å². The fourth-order valence-corrected chi connectivity index (χ4v) is 4.34. The van der Waals surface area contributed by atoms with E-state index in [0.29, 0.717) is 17.9 Å². The molecule has 3 nitrogen and oxygen atoms in total. The molecular formula is C14H24N2O. The minimum atomic E-state index is 0.335. The minimum Gasteiger partial charge on any atom is -0.355 e. The lowest BCUT2D eigenvalue weighted by Gasteiger charge is -2.11. The van der Waals surface area contributed by atoms with Crippen molar-refractivity contribution >= 4 is 5.91 Å². The lowest BCUT2D eigenvalue weighted by Crippen LogP contribution is -2.36. The molecule has 2 bridgehead atoms. The van der Waals surface area contributed by atoms with Crippen LogP contribution in [0.5, 0.6) is 0 Å². The summed E-state index contributed by atoms with van der Waals surface area (Å²) < 4.78 is 0. The molecule has 0 aliphatic heterocycles. The van der Waals surface area contributed by atoms with Crippen molar-refractivity contribution in [3.63, 3.8) is 0 Å². The topological polar surface area (TPSA) is 41.1 Å². The molecule has 0 aromatic heterocycles. The molecule has 0 aromatic carbocycles. The third kappa shape index (κ3) is 1.99. The van der Waals surface area contributed by atoms with E-state index in [1.807, 2.05) is 0 Å². The molecule has 2 N–H and O–H groups in total. The van der Waals surface area contributed by atoms with E-state index < -0.39 is 0 Å². The first-order valence-corrected chi connectivity index (χ1v) is 7.19. The van der Waals surface area contributed by atoms with Gasteiger partial charge in [0, 0.05) is 25.0 Å². The van der Waals surface area contributed by atoms with Gasteiger partial charge in [0.1, 0.15) is 0 Å². The van der Waals surface area contributed by atoms with Crippen molar-refractivity contribution in [2.75, 3.05) is 13.1 Å². The van der Waals surface area contributed by atoms with Crippen LogP contribution < -0.4 is 10.6 Å². The average molecular weight is 236 g/mol. The summed E-state index contributed by atoms with van der Waals surface area (Å²) in [6, 6.07) is 0.503. The van der Waals surface area contributed by atoms with Gasteiger partial charge in [0.2, 0.25) is 5.91 Å². The molecule has 3 fully saturated rings. The highest BCUT2D eigenvalue weighted by atomic mass is 16.2. The maximum atomic E-state index is 12.0. The van der Waals surface area contributed by atoms with E-state index in [9.17, 15) is 4.79 Å². The van der Waals surface area contributed by atoms with Gasteiger partial charge in [-0.3, -0.25) is 4.79 Å². The number of nitrogens with one attached hydrogen (secondary N) is 2. The summed E-state index contributed by atoms with van der Waals surface area (Å²) in [4.78, 5) is 12.0. The Morgan fingerprint density at radius 3 is 2.41 bits per heavy atom. The van der Waals surface area contributed by atoms with Gasteiger partial charge in [-0.2, -0.15) is 0 Å². The lowest BCUT2D eigenvalue weighted by atomic mass is 10.0. The van der Waals surface area contributed by atoms with Crippen LogP contribution in [0.25, 0.3) is 0 Å². The highest BCUT2D eigenvalue weighted by Crippen LogP contribution is 2.69. The molecule has 0 saturated heterocycles. The van der Waals surface area contributed by atoms with Crippen LogP contribution in [-0.2, 0) is 4.79 Å². The van der Waals surface area contributed by atoms with Gasteiger partial charge >= 0.3 is 0 Å². The van der Waals surface area contributed by atoms with Crippen molar-refractivity contribution in [1.29, 1.82) is 0 Å². The fourth-order valence-electron chi connectivity index (χ4n) is 4.34. The van der Waals surface area contributed by atoms with Crippen molar-refractivity contribution in [3.8, 4) is 0 Å². The number of hydrogen-bond donors (Lipinski definition) is 2. The molecule has 3 heteroatoms. The van der Waals surface area contributed by atoms with Gasteiger partial charge in [-0.05, 0) is 42.9 Å². The molecule has 4 atom stereocenters. The number of carbonyl (C=O) groups excluding carboxylic acids is 1. The molecule has 1 amide bonds. The Labute approximate surface area is 104 Å². The van der Waals surface area contributed by atoms with E-state index in [1.54, 1.807) is 0 Å². The summed E-state index contributed by atoms with van der Waals surface area (Å²) in [5.41, 5.74) is 0. The van der Waals surface area contributed by atoms with Crippen LogP contribution in [0.15, 0.2) is 0 Å². The zero-order valence-corrected chi connectivity index (χ0v) is 10.9. The Morgan fingerprint density at radius 1 is 1.18 bits per heavy atom. The number of hydrogen-bond acceptors (Lipinski definition) is 2. The molecular weight excluding hydrogens is 212 g/mol.